The summed E-state index contributed by atoms with van der Waals surface area (Å²) in [7, 11) is 0. The summed E-state index contributed by atoms with van der Waals surface area (Å²) < 4.78 is 6.38. The van der Waals surface area contributed by atoms with Gasteiger partial charge in [-0.05, 0) is 51.8 Å². The highest BCUT2D eigenvalue weighted by molar-refractivity contribution is 6.30. The minimum Gasteiger partial charge on any atom is -0.359 e. The van der Waals surface area contributed by atoms with Crippen molar-refractivity contribution in [2.24, 2.45) is 11.8 Å². The summed E-state index contributed by atoms with van der Waals surface area (Å²) in [6, 6.07) is 6.19. The van der Waals surface area contributed by atoms with Gasteiger partial charge in [-0.25, -0.2) is 0 Å². The molecule has 1 spiro atoms. The Kier molecular flexibility index (Phi) is 5.76. The van der Waals surface area contributed by atoms with E-state index in [9.17, 15) is 14.4 Å². The highest BCUT2D eigenvalue weighted by Gasteiger charge is 2.73. The van der Waals surface area contributed by atoms with Gasteiger partial charge in [0.25, 0.3) is 0 Å². The molecule has 0 radical (unpaired) electrons. The summed E-state index contributed by atoms with van der Waals surface area (Å²) in [5, 5.41) is 6.60. The summed E-state index contributed by atoms with van der Waals surface area (Å²) in [4.78, 5) is 42.6. The van der Waals surface area contributed by atoms with E-state index in [2.05, 4.69) is 10.6 Å². The largest absolute Gasteiger partial charge is 0.359 e. The van der Waals surface area contributed by atoms with E-state index in [1.165, 1.54) is 6.42 Å². The van der Waals surface area contributed by atoms with E-state index in [4.69, 9.17) is 16.3 Å². The molecule has 2 bridgehead atoms. The number of rotatable bonds is 4. The molecule has 3 aliphatic heterocycles. The van der Waals surface area contributed by atoms with Gasteiger partial charge in [-0.1, -0.05) is 49.1 Å². The number of carbonyl (C=O) groups is 3. The quantitative estimate of drug-likeness (QED) is 0.637. The van der Waals surface area contributed by atoms with Crippen molar-refractivity contribution in [1.82, 2.24) is 10.2 Å². The Morgan fingerprint density at radius 3 is 2.56 bits per heavy atom. The molecule has 3 heterocycles. The first-order chi connectivity index (χ1) is 16.1. The predicted octanol–water partition coefficient (Wildman–Crippen LogP) is 3.68. The second kappa shape index (κ2) is 8.38. The summed E-state index contributed by atoms with van der Waals surface area (Å²) in [5.74, 6) is -2.20. The molecule has 182 valence electrons. The van der Waals surface area contributed by atoms with Crippen molar-refractivity contribution in [1.29, 1.82) is 0 Å². The van der Waals surface area contributed by atoms with Crippen LogP contribution in [0.5, 0.6) is 0 Å². The van der Waals surface area contributed by atoms with E-state index in [1.54, 1.807) is 29.2 Å². The maximum atomic E-state index is 13.9. The van der Waals surface area contributed by atoms with E-state index in [-0.39, 0.29) is 23.8 Å². The molecule has 1 aliphatic carbocycles. The van der Waals surface area contributed by atoms with Gasteiger partial charge >= 0.3 is 0 Å². The van der Waals surface area contributed by atoms with E-state index in [0.717, 1.165) is 25.7 Å². The number of ether oxygens (including phenoxy) is 1. The maximum Gasteiger partial charge on any atom is 0.246 e. The van der Waals surface area contributed by atoms with Gasteiger partial charge in [-0.2, -0.15) is 0 Å². The van der Waals surface area contributed by atoms with Gasteiger partial charge in [-0.15, -0.1) is 0 Å². The number of nitrogens with one attached hydrogen (secondary N) is 2. The number of fused-ring (bicyclic) bond motifs is 1. The number of hydrogen-bond acceptors (Lipinski definition) is 4. The zero-order valence-corrected chi connectivity index (χ0v) is 20.6. The lowest BCUT2D eigenvalue weighted by Gasteiger charge is -2.40. The number of halogens is 1. The predicted molar refractivity (Wildman–Crippen MR) is 129 cm³/mol. The van der Waals surface area contributed by atoms with Gasteiger partial charge in [0, 0.05) is 22.3 Å². The minimum absolute atomic E-state index is 0.109. The fourth-order valence-corrected chi connectivity index (χ4v) is 6.40. The Bertz CT molecular complexity index is 1040. The third kappa shape index (κ3) is 3.73. The lowest BCUT2D eigenvalue weighted by atomic mass is 9.74. The first-order valence-electron chi connectivity index (χ1n) is 12.2. The monoisotopic (exact) mass is 485 g/mol. The molecule has 3 fully saturated rings. The molecular formula is C26H32ClN3O4. The van der Waals surface area contributed by atoms with Crippen molar-refractivity contribution < 1.29 is 19.1 Å². The number of hydrogen-bond donors (Lipinski definition) is 2. The van der Waals surface area contributed by atoms with Crippen LogP contribution < -0.4 is 10.6 Å². The second-order valence-electron chi connectivity index (χ2n) is 10.9. The first kappa shape index (κ1) is 23.4. The number of carbonyl (C=O) groups excluding carboxylic acids is 3. The molecule has 2 saturated heterocycles. The van der Waals surface area contributed by atoms with E-state index >= 15 is 0 Å². The van der Waals surface area contributed by atoms with Crippen molar-refractivity contribution in [2.75, 3.05) is 5.32 Å². The van der Waals surface area contributed by atoms with Crippen LogP contribution in [0.2, 0.25) is 5.02 Å². The van der Waals surface area contributed by atoms with Crippen LogP contribution in [0.15, 0.2) is 36.4 Å². The standard InChI is InChI=1S/C26H32ClN3O4/c1-25(2,3)30-21(23(32)28-16-9-5-4-6-10-16)26-13-12-18(34-26)19(20(26)24(30)33)22(31)29-17-11-7-8-15(27)14-17/h7-8,11-14,16,18-21H,4-6,9-10H2,1-3H3,(H,28,32)(H,29,31). The second-order valence-corrected chi connectivity index (χ2v) is 11.4. The van der Waals surface area contributed by atoms with Crippen molar-refractivity contribution in [3.63, 3.8) is 0 Å². The summed E-state index contributed by atoms with van der Waals surface area (Å²) in [6.07, 6.45) is 8.39. The molecular weight excluding hydrogens is 454 g/mol. The highest BCUT2D eigenvalue weighted by atomic mass is 35.5. The molecule has 1 saturated carbocycles. The molecule has 7 nitrogen and oxygen atoms in total. The van der Waals surface area contributed by atoms with Crippen LogP contribution in [-0.2, 0) is 19.1 Å². The molecule has 5 rings (SSSR count). The van der Waals surface area contributed by atoms with Crippen LogP contribution in [0.3, 0.4) is 0 Å². The van der Waals surface area contributed by atoms with Gasteiger partial charge < -0.3 is 20.3 Å². The Labute approximate surface area is 205 Å². The van der Waals surface area contributed by atoms with Gasteiger partial charge in [-0.3, -0.25) is 14.4 Å². The van der Waals surface area contributed by atoms with Crippen LogP contribution in [0, 0.1) is 11.8 Å². The summed E-state index contributed by atoms with van der Waals surface area (Å²) in [6.45, 7) is 5.75. The van der Waals surface area contributed by atoms with Gasteiger partial charge in [0.15, 0.2) is 0 Å². The normalized spacial score (nSPS) is 32.7. The molecule has 2 N–H and O–H groups in total. The van der Waals surface area contributed by atoms with Gasteiger partial charge in [0.2, 0.25) is 17.7 Å². The third-order valence-electron chi connectivity index (χ3n) is 7.59. The molecule has 0 aromatic heterocycles. The SMILES string of the molecule is CC(C)(C)N1C(=O)C2C(C(=O)Nc3cccc(Cl)c3)C3C=CC2(O3)C1C(=O)NC1CCCCC1. The molecule has 34 heavy (non-hydrogen) atoms. The topological polar surface area (TPSA) is 87.7 Å². The smallest absolute Gasteiger partial charge is 0.246 e. The van der Waals surface area contributed by atoms with Crippen molar-refractivity contribution in [3.8, 4) is 0 Å². The molecule has 3 amide bonds. The van der Waals surface area contributed by atoms with Gasteiger partial charge in [0.1, 0.15) is 11.6 Å². The van der Waals surface area contributed by atoms with E-state index in [1.807, 2.05) is 32.9 Å². The lowest BCUT2D eigenvalue weighted by Crippen LogP contribution is -2.60. The van der Waals surface area contributed by atoms with E-state index in [0.29, 0.717) is 10.7 Å². The summed E-state index contributed by atoms with van der Waals surface area (Å²) in [5.41, 5.74) is -1.21. The first-order valence-corrected chi connectivity index (χ1v) is 12.6. The number of benzene rings is 1. The van der Waals surface area contributed by atoms with Gasteiger partial charge in [0.05, 0.1) is 17.9 Å². The number of nitrogens with zero attached hydrogens (tertiary/aromatic N) is 1. The Morgan fingerprint density at radius 1 is 1.15 bits per heavy atom. The van der Waals surface area contributed by atoms with Crippen LogP contribution >= 0.6 is 11.6 Å². The zero-order chi connectivity index (χ0) is 24.3. The number of likely N-dealkylation sites (tertiary alicyclic amines) is 1. The van der Waals surface area contributed by atoms with Crippen LogP contribution in [0.1, 0.15) is 52.9 Å². The minimum atomic E-state index is -1.15. The Balaban J connectivity index is 1.46. The maximum absolute atomic E-state index is 13.9. The molecule has 1 aromatic rings. The highest BCUT2D eigenvalue weighted by Crippen LogP contribution is 2.56. The Morgan fingerprint density at radius 2 is 1.88 bits per heavy atom. The molecule has 1 aromatic carbocycles. The number of anilines is 1. The molecule has 4 aliphatic rings. The number of amides is 3. The lowest BCUT2D eigenvalue weighted by molar-refractivity contribution is -0.146. The molecule has 8 heteroatoms. The fraction of sp³-hybridized carbons (Fsp3) is 0.577. The Hall–Kier alpha value is -2.38. The average Bonchev–Trinajstić information content (AvgIpc) is 3.41. The third-order valence-corrected chi connectivity index (χ3v) is 7.83. The molecule has 5 atom stereocenters. The fourth-order valence-electron chi connectivity index (χ4n) is 6.21. The van der Waals surface area contributed by atoms with Crippen LogP contribution in [0.25, 0.3) is 0 Å². The zero-order valence-electron chi connectivity index (χ0n) is 19.8. The summed E-state index contributed by atoms with van der Waals surface area (Å²) >= 11 is 6.07. The van der Waals surface area contributed by atoms with E-state index < -0.39 is 35.1 Å². The van der Waals surface area contributed by atoms with Crippen LogP contribution in [-0.4, -0.2) is 51.9 Å². The van der Waals surface area contributed by atoms with Crippen molar-refractivity contribution in [3.05, 3.63) is 41.4 Å². The average molecular weight is 486 g/mol. The van der Waals surface area contributed by atoms with Crippen LogP contribution in [0.4, 0.5) is 5.69 Å². The van der Waals surface area contributed by atoms with Crippen molar-refractivity contribution >= 4 is 35.0 Å². The van der Waals surface area contributed by atoms with Crippen molar-refractivity contribution in [2.45, 2.75) is 82.2 Å². The molecule has 5 unspecified atom stereocenters.